The van der Waals surface area contributed by atoms with Gasteiger partial charge in [-0.25, -0.2) is 4.98 Å². The van der Waals surface area contributed by atoms with E-state index >= 15 is 0 Å². The van der Waals surface area contributed by atoms with Crippen LogP contribution in [0, 0.1) is 0 Å². The van der Waals surface area contributed by atoms with E-state index < -0.39 is 0 Å². The first kappa shape index (κ1) is 20.4. The lowest BCUT2D eigenvalue weighted by atomic mass is 10.1. The second-order valence-electron chi connectivity index (χ2n) is 7.01. The molecule has 1 aromatic carbocycles. The predicted molar refractivity (Wildman–Crippen MR) is 110 cm³/mol. The zero-order chi connectivity index (χ0) is 19.9. The summed E-state index contributed by atoms with van der Waals surface area (Å²) in [6.07, 6.45) is 3.69. The molecule has 2 heterocycles. The summed E-state index contributed by atoms with van der Waals surface area (Å²) in [5.74, 6) is 1.73. The van der Waals surface area contributed by atoms with E-state index in [9.17, 15) is 4.79 Å². The molecule has 1 amide bonds. The Balaban J connectivity index is 1.64. The number of nitrogens with zero attached hydrogens (tertiary/aromatic N) is 4. The highest BCUT2D eigenvalue weighted by Gasteiger charge is 2.30. The number of imidazole rings is 1. The molecule has 1 N–H and O–H groups in total. The molecule has 28 heavy (non-hydrogen) atoms. The van der Waals surface area contributed by atoms with Crippen LogP contribution in [0.25, 0.3) is 0 Å². The molecule has 152 valence electrons. The van der Waals surface area contributed by atoms with Gasteiger partial charge in [0.15, 0.2) is 0 Å². The van der Waals surface area contributed by atoms with Crippen molar-refractivity contribution in [3.63, 3.8) is 0 Å². The number of rotatable bonds is 8. The van der Waals surface area contributed by atoms with Crippen molar-refractivity contribution < 1.29 is 9.53 Å². The minimum atomic E-state index is -0.0637. The van der Waals surface area contributed by atoms with E-state index in [0.29, 0.717) is 25.3 Å². The number of ether oxygens (including phenoxy) is 1. The highest BCUT2D eigenvalue weighted by Crippen LogP contribution is 2.23. The van der Waals surface area contributed by atoms with Crippen molar-refractivity contribution in [3.8, 4) is 5.75 Å². The predicted octanol–water partition coefficient (Wildman–Crippen LogP) is 1.93. The highest BCUT2D eigenvalue weighted by molar-refractivity contribution is 5.94. The van der Waals surface area contributed by atoms with Crippen molar-refractivity contribution in [1.29, 1.82) is 0 Å². The van der Waals surface area contributed by atoms with Gasteiger partial charge >= 0.3 is 0 Å². The van der Waals surface area contributed by atoms with E-state index in [1.807, 2.05) is 47.0 Å². The summed E-state index contributed by atoms with van der Waals surface area (Å²) in [5, 5.41) is 3.37. The van der Waals surface area contributed by atoms with Crippen molar-refractivity contribution in [2.75, 3.05) is 45.9 Å². The van der Waals surface area contributed by atoms with Crippen molar-refractivity contribution in [2.45, 2.75) is 19.9 Å². The Labute approximate surface area is 167 Å². The summed E-state index contributed by atoms with van der Waals surface area (Å²) in [5.41, 5.74) is 0.678. The van der Waals surface area contributed by atoms with Crippen molar-refractivity contribution in [1.82, 2.24) is 24.7 Å². The smallest absolute Gasteiger partial charge is 0.254 e. The van der Waals surface area contributed by atoms with Crippen LogP contribution >= 0.6 is 0 Å². The number of carbonyl (C=O) groups is 1. The van der Waals surface area contributed by atoms with Crippen LogP contribution in [0.4, 0.5) is 0 Å². The summed E-state index contributed by atoms with van der Waals surface area (Å²) >= 11 is 0. The fourth-order valence-electron chi connectivity index (χ4n) is 3.57. The van der Waals surface area contributed by atoms with E-state index in [1.165, 1.54) is 0 Å². The number of nitrogens with one attached hydrogen (secondary N) is 1. The molecule has 2 aromatic rings. The van der Waals surface area contributed by atoms with Gasteiger partial charge in [0.05, 0.1) is 0 Å². The SMILES string of the molecule is CCN(CC)CCOc1ccc(C(=O)N2CCNCC2c2nccn2C)cc1. The van der Waals surface area contributed by atoms with Crippen LogP contribution in [0.5, 0.6) is 5.75 Å². The summed E-state index contributed by atoms with van der Waals surface area (Å²) in [4.78, 5) is 21.8. The average Bonchev–Trinajstić information content (AvgIpc) is 3.17. The normalized spacial score (nSPS) is 17.1. The van der Waals surface area contributed by atoms with Crippen molar-refractivity contribution >= 4 is 5.91 Å². The molecule has 1 aromatic heterocycles. The maximum absolute atomic E-state index is 13.1. The maximum atomic E-state index is 13.1. The molecule has 0 saturated carbocycles. The first-order valence-electron chi connectivity index (χ1n) is 10.1. The molecule has 0 bridgehead atoms. The van der Waals surface area contributed by atoms with Gasteiger partial charge in [0, 0.05) is 51.2 Å². The van der Waals surface area contributed by atoms with Gasteiger partial charge in [-0.05, 0) is 37.4 Å². The van der Waals surface area contributed by atoms with Gasteiger partial charge in [-0.15, -0.1) is 0 Å². The third-order valence-electron chi connectivity index (χ3n) is 5.33. The van der Waals surface area contributed by atoms with E-state index in [1.54, 1.807) is 6.20 Å². The third-order valence-corrected chi connectivity index (χ3v) is 5.33. The molecule has 7 heteroatoms. The van der Waals surface area contributed by atoms with Crippen LogP contribution in [0.1, 0.15) is 36.1 Å². The maximum Gasteiger partial charge on any atom is 0.254 e. The fraction of sp³-hybridized carbons (Fsp3) is 0.524. The topological polar surface area (TPSA) is 62.6 Å². The van der Waals surface area contributed by atoms with E-state index in [0.717, 1.165) is 37.8 Å². The molecule has 0 radical (unpaired) electrons. The van der Waals surface area contributed by atoms with Crippen LogP contribution < -0.4 is 10.1 Å². The van der Waals surface area contributed by atoms with Gasteiger partial charge in [0.1, 0.15) is 24.2 Å². The van der Waals surface area contributed by atoms with E-state index in [-0.39, 0.29) is 11.9 Å². The lowest BCUT2D eigenvalue weighted by Gasteiger charge is -2.35. The van der Waals surface area contributed by atoms with Crippen LogP contribution in [-0.2, 0) is 7.05 Å². The number of hydrogen-bond acceptors (Lipinski definition) is 5. The summed E-state index contributed by atoms with van der Waals surface area (Å²) in [6, 6.07) is 7.41. The Hall–Kier alpha value is -2.38. The van der Waals surface area contributed by atoms with Gasteiger partial charge < -0.3 is 24.4 Å². The molecular formula is C21H31N5O2. The standard InChI is InChI=1S/C21H31N5O2/c1-4-25(5-2)14-15-28-18-8-6-17(7-9-18)21(27)26-13-10-22-16-19(26)20-23-11-12-24(20)3/h6-9,11-12,19,22H,4-5,10,13-16H2,1-3H3. The molecule has 1 unspecified atom stereocenters. The van der Waals surface area contributed by atoms with Crippen LogP contribution in [0.3, 0.4) is 0 Å². The number of carbonyl (C=O) groups excluding carboxylic acids is 1. The first-order chi connectivity index (χ1) is 13.6. The molecule has 7 nitrogen and oxygen atoms in total. The zero-order valence-corrected chi connectivity index (χ0v) is 17.1. The molecular weight excluding hydrogens is 354 g/mol. The second-order valence-corrected chi connectivity index (χ2v) is 7.01. The molecule has 1 aliphatic heterocycles. The number of aromatic nitrogens is 2. The van der Waals surface area contributed by atoms with Crippen molar-refractivity contribution in [3.05, 3.63) is 48.0 Å². The molecule has 1 saturated heterocycles. The Bertz CT molecular complexity index is 754. The summed E-state index contributed by atoms with van der Waals surface area (Å²) in [7, 11) is 1.96. The fourth-order valence-corrected chi connectivity index (χ4v) is 3.57. The molecule has 0 spiro atoms. The molecule has 1 aliphatic rings. The van der Waals surface area contributed by atoms with Gasteiger partial charge in [-0.3, -0.25) is 4.79 Å². The first-order valence-corrected chi connectivity index (χ1v) is 10.1. The highest BCUT2D eigenvalue weighted by atomic mass is 16.5. The molecule has 0 aliphatic carbocycles. The number of piperazine rings is 1. The zero-order valence-electron chi connectivity index (χ0n) is 17.1. The van der Waals surface area contributed by atoms with E-state index in [2.05, 4.69) is 29.0 Å². The quantitative estimate of drug-likeness (QED) is 0.752. The number of likely N-dealkylation sites (N-methyl/N-ethyl adjacent to an activating group) is 1. The van der Waals surface area contributed by atoms with Crippen LogP contribution in [0.15, 0.2) is 36.7 Å². The van der Waals surface area contributed by atoms with Crippen LogP contribution in [-0.4, -0.2) is 71.1 Å². The van der Waals surface area contributed by atoms with Gasteiger partial charge in [0.2, 0.25) is 0 Å². The van der Waals surface area contributed by atoms with Gasteiger partial charge in [-0.2, -0.15) is 0 Å². The van der Waals surface area contributed by atoms with Crippen LogP contribution in [0.2, 0.25) is 0 Å². The third kappa shape index (κ3) is 4.72. The molecule has 3 rings (SSSR count). The lowest BCUT2D eigenvalue weighted by molar-refractivity contribution is 0.0621. The summed E-state index contributed by atoms with van der Waals surface area (Å²) in [6.45, 7) is 10.1. The molecule has 1 fully saturated rings. The number of amides is 1. The van der Waals surface area contributed by atoms with Gasteiger partial charge in [-0.1, -0.05) is 13.8 Å². The number of hydrogen-bond donors (Lipinski definition) is 1. The largest absolute Gasteiger partial charge is 0.492 e. The second kappa shape index (κ2) is 9.71. The Morgan fingerprint density at radius 2 is 2.04 bits per heavy atom. The van der Waals surface area contributed by atoms with Gasteiger partial charge in [0.25, 0.3) is 5.91 Å². The monoisotopic (exact) mass is 385 g/mol. The lowest BCUT2D eigenvalue weighted by Crippen LogP contribution is -2.49. The Kier molecular flexibility index (Phi) is 7.06. The van der Waals surface area contributed by atoms with E-state index in [4.69, 9.17) is 4.74 Å². The molecule has 1 atom stereocenters. The minimum absolute atomic E-state index is 0.0317. The number of aryl methyl sites for hydroxylation is 1. The Morgan fingerprint density at radius 3 is 2.68 bits per heavy atom. The minimum Gasteiger partial charge on any atom is -0.492 e. The Morgan fingerprint density at radius 1 is 1.29 bits per heavy atom. The average molecular weight is 386 g/mol. The summed E-state index contributed by atoms with van der Waals surface area (Å²) < 4.78 is 7.80. The van der Waals surface area contributed by atoms with Crippen molar-refractivity contribution in [2.24, 2.45) is 7.05 Å². The number of benzene rings is 1.